The molecule has 4 aromatic rings. The Labute approximate surface area is 206 Å². The van der Waals surface area contributed by atoms with Crippen LogP contribution in [0.1, 0.15) is 21.7 Å². The van der Waals surface area contributed by atoms with E-state index >= 15 is 0 Å². The summed E-state index contributed by atoms with van der Waals surface area (Å²) in [4.78, 5) is 44.7. The van der Waals surface area contributed by atoms with Crippen molar-refractivity contribution in [3.05, 3.63) is 88.2 Å². The monoisotopic (exact) mass is 487 g/mol. The highest BCUT2D eigenvalue weighted by atomic mass is 16.5. The van der Waals surface area contributed by atoms with E-state index in [2.05, 4.69) is 10.1 Å². The first-order valence-electron chi connectivity index (χ1n) is 11.6. The minimum absolute atomic E-state index is 0.0855. The summed E-state index contributed by atoms with van der Waals surface area (Å²) in [6.07, 6.45) is 3.78. The molecule has 3 aromatic heterocycles. The van der Waals surface area contributed by atoms with E-state index in [9.17, 15) is 14.4 Å². The van der Waals surface area contributed by atoms with Crippen molar-refractivity contribution in [1.82, 2.24) is 24.2 Å². The number of methoxy groups -OCH3 is 1. The lowest BCUT2D eigenvalue weighted by Gasteiger charge is -2.19. The van der Waals surface area contributed by atoms with Crippen LogP contribution in [0.3, 0.4) is 0 Å². The molecule has 0 aliphatic carbocycles. The van der Waals surface area contributed by atoms with E-state index in [0.717, 1.165) is 10.9 Å². The summed E-state index contributed by atoms with van der Waals surface area (Å²) in [5.74, 6) is -0.570. The highest BCUT2D eigenvalue weighted by molar-refractivity contribution is 5.93. The first-order chi connectivity index (χ1) is 17.5. The van der Waals surface area contributed by atoms with E-state index in [4.69, 9.17) is 9.47 Å². The molecule has 1 aliphatic heterocycles. The molecule has 36 heavy (non-hydrogen) atoms. The van der Waals surface area contributed by atoms with Gasteiger partial charge in [-0.1, -0.05) is 24.3 Å². The molecule has 0 saturated carbocycles. The van der Waals surface area contributed by atoms with Crippen LogP contribution in [-0.4, -0.2) is 56.3 Å². The summed E-state index contributed by atoms with van der Waals surface area (Å²) in [6, 6.07) is 14.4. The Morgan fingerprint density at radius 1 is 1.06 bits per heavy atom. The fourth-order valence-corrected chi connectivity index (χ4v) is 4.40. The lowest BCUT2D eigenvalue weighted by atomic mass is 10.1. The molecule has 10 nitrogen and oxygen atoms in total. The number of ether oxygens (including phenoxy) is 2. The van der Waals surface area contributed by atoms with Crippen molar-refractivity contribution in [1.29, 1.82) is 0 Å². The Kier molecular flexibility index (Phi) is 6.48. The first-order valence-corrected chi connectivity index (χ1v) is 11.6. The van der Waals surface area contributed by atoms with Crippen LogP contribution in [0.5, 0.6) is 5.75 Å². The second-order valence-electron chi connectivity index (χ2n) is 8.44. The van der Waals surface area contributed by atoms with Gasteiger partial charge in [-0.25, -0.2) is 4.79 Å². The number of nitrogens with zero attached hydrogens (tertiary/aromatic N) is 5. The van der Waals surface area contributed by atoms with Crippen molar-refractivity contribution in [2.45, 2.75) is 26.1 Å². The topological polar surface area (TPSA) is 109 Å². The maximum absolute atomic E-state index is 13.1. The summed E-state index contributed by atoms with van der Waals surface area (Å²) in [6.45, 7) is 1.11. The number of amides is 1. The molecule has 0 unspecified atom stereocenters. The number of rotatable bonds is 6. The van der Waals surface area contributed by atoms with Crippen molar-refractivity contribution in [2.75, 3.05) is 20.2 Å². The molecule has 5 rings (SSSR count). The summed E-state index contributed by atoms with van der Waals surface area (Å²) >= 11 is 0. The Morgan fingerprint density at radius 3 is 2.67 bits per heavy atom. The fraction of sp³-hybridized carbons (Fsp3) is 0.269. The van der Waals surface area contributed by atoms with Gasteiger partial charge in [0.1, 0.15) is 24.5 Å². The van der Waals surface area contributed by atoms with Crippen LogP contribution in [-0.2, 0) is 35.6 Å². The van der Waals surface area contributed by atoms with E-state index in [-0.39, 0.29) is 42.5 Å². The molecule has 1 aromatic carbocycles. The van der Waals surface area contributed by atoms with Gasteiger partial charge in [-0.15, -0.1) is 0 Å². The summed E-state index contributed by atoms with van der Waals surface area (Å²) in [7, 11) is 1.29. The average molecular weight is 488 g/mol. The summed E-state index contributed by atoms with van der Waals surface area (Å²) in [5.41, 5.74) is 1.86. The third-order valence-corrected chi connectivity index (χ3v) is 6.20. The van der Waals surface area contributed by atoms with E-state index in [1.165, 1.54) is 17.7 Å². The molecule has 1 aliphatic rings. The van der Waals surface area contributed by atoms with Crippen LogP contribution in [0, 0.1) is 0 Å². The van der Waals surface area contributed by atoms with Crippen LogP contribution >= 0.6 is 0 Å². The zero-order chi connectivity index (χ0) is 25.1. The molecule has 0 N–H and O–H groups in total. The average Bonchev–Trinajstić information content (AvgIpc) is 3.16. The molecule has 184 valence electrons. The molecular formula is C26H25N5O5. The Balaban J connectivity index is 1.38. The zero-order valence-electron chi connectivity index (χ0n) is 19.8. The third kappa shape index (κ3) is 4.70. The van der Waals surface area contributed by atoms with Crippen LogP contribution in [0.4, 0.5) is 0 Å². The standard InChI is InChI=1S/C26H25N5O5/c1-35-26(34)25-21-9-11-29(24(33)16-30-15-18-6-2-3-8-20(18)28-30)12-13-31(21)23(32)14-22(25)36-17-19-7-4-5-10-27-19/h2-8,10,14-15H,9,11-13,16-17H2,1H3. The number of carbonyl (C=O) groups is 2. The Bertz CT molecular complexity index is 1440. The van der Waals surface area contributed by atoms with Gasteiger partial charge in [0.15, 0.2) is 0 Å². The Morgan fingerprint density at radius 2 is 1.89 bits per heavy atom. The van der Waals surface area contributed by atoms with Crippen LogP contribution in [0.2, 0.25) is 0 Å². The van der Waals surface area contributed by atoms with Crippen molar-refractivity contribution in [2.24, 2.45) is 0 Å². The van der Waals surface area contributed by atoms with Crippen LogP contribution < -0.4 is 10.3 Å². The number of benzene rings is 1. The summed E-state index contributed by atoms with van der Waals surface area (Å²) in [5, 5.41) is 5.42. The van der Waals surface area contributed by atoms with Gasteiger partial charge in [-0.3, -0.25) is 19.3 Å². The molecule has 0 spiro atoms. The van der Waals surface area contributed by atoms with Crippen molar-refractivity contribution >= 4 is 22.8 Å². The highest BCUT2D eigenvalue weighted by Crippen LogP contribution is 2.25. The van der Waals surface area contributed by atoms with Gasteiger partial charge in [0.25, 0.3) is 5.56 Å². The molecule has 4 heterocycles. The maximum Gasteiger partial charge on any atom is 0.343 e. The van der Waals surface area contributed by atoms with E-state index in [1.807, 2.05) is 36.5 Å². The normalized spacial score (nSPS) is 13.2. The molecule has 10 heteroatoms. The lowest BCUT2D eigenvalue weighted by Crippen LogP contribution is -2.36. The second kappa shape index (κ2) is 10.0. The largest absolute Gasteiger partial charge is 0.486 e. The fourth-order valence-electron chi connectivity index (χ4n) is 4.40. The number of carbonyl (C=O) groups excluding carboxylic acids is 2. The first kappa shape index (κ1) is 23.3. The van der Waals surface area contributed by atoms with Crippen molar-refractivity contribution in [3.8, 4) is 5.75 Å². The second-order valence-corrected chi connectivity index (χ2v) is 8.44. The van der Waals surface area contributed by atoms with Gasteiger partial charge < -0.3 is 18.9 Å². The number of hydrogen-bond donors (Lipinski definition) is 0. The predicted octanol–water partition coefficient (Wildman–Crippen LogP) is 2.04. The highest BCUT2D eigenvalue weighted by Gasteiger charge is 2.27. The van der Waals surface area contributed by atoms with Crippen molar-refractivity contribution < 1.29 is 19.1 Å². The predicted molar refractivity (Wildman–Crippen MR) is 131 cm³/mol. The number of hydrogen-bond acceptors (Lipinski definition) is 7. The molecular weight excluding hydrogens is 462 g/mol. The maximum atomic E-state index is 13.1. The lowest BCUT2D eigenvalue weighted by molar-refractivity contribution is -0.132. The number of aromatic nitrogens is 4. The van der Waals surface area contributed by atoms with Gasteiger partial charge in [-0.05, 0) is 18.2 Å². The SMILES string of the molecule is COC(=O)c1c(OCc2ccccn2)cc(=O)n2c1CCN(C(=O)Cn1cc3ccccc3n1)CC2. The Hall–Kier alpha value is -4.47. The van der Waals surface area contributed by atoms with E-state index < -0.39 is 5.97 Å². The quantitative estimate of drug-likeness (QED) is 0.383. The van der Waals surface area contributed by atoms with Gasteiger partial charge in [0.05, 0.1) is 18.3 Å². The van der Waals surface area contributed by atoms with Gasteiger partial charge >= 0.3 is 5.97 Å². The molecule has 0 radical (unpaired) electrons. The zero-order valence-corrected chi connectivity index (χ0v) is 19.8. The van der Waals surface area contributed by atoms with Crippen molar-refractivity contribution in [3.63, 3.8) is 0 Å². The summed E-state index contributed by atoms with van der Waals surface area (Å²) < 4.78 is 14.0. The van der Waals surface area contributed by atoms with Gasteiger partial charge in [0, 0.05) is 55.6 Å². The van der Waals surface area contributed by atoms with E-state index in [1.54, 1.807) is 27.9 Å². The molecule has 0 bridgehead atoms. The number of fused-ring (bicyclic) bond motifs is 2. The molecule has 1 amide bonds. The van der Waals surface area contributed by atoms with Crippen LogP contribution in [0.15, 0.2) is 65.7 Å². The smallest absolute Gasteiger partial charge is 0.343 e. The molecule has 0 saturated heterocycles. The van der Waals surface area contributed by atoms with E-state index in [0.29, 0.717) is 30.9 Å². The minimum atomic E-state index is -0.599. The van der Waals surface area contributed by atoms with Gasteiger partial charge in [0.2, 0.25) is 5.91 Å². The third-order valence-electron chi connectivity index (χ3n) is 6.20. The number of esters is 1. The molecule has 0 fully saturated rings. The molecule has 0 atom stereocenters. The van der Waals surface area contributed by atoms with Gasteiger partial charge in [-0.2, -0.15) is 5.10 Å². The minimum Gasteiger partial charge on any atom is -0.486 e. The number of pyridine rings is 2. The van der Waals surface area contributed by atoms with Crippen LogP contribution in [0.25, 0.3) is 10.9 Å².